The fraction of sp³-hybridized carbons (Fsp3) is 0.250. The van der Waals surface area contributed by atoms with Gasteiger partial charge in [-0.1, -0.05) is 61.0 Å². The van der Waals surface area contributed by atoms with Crippen LogP contribution < -0.4 is 10.6 Å². The summed E-state index contributed by atoms with van der Waals surface area (Å²) in [6.45, 7) is 1.80. The van der Waals surface area contributed by atoms with Crippen molar-refractivity contribution in [2.75, 3.05) is 10.6 Å². The van der Waals surface area contributed by atoms with Crippen LogP contribution in [0.5, 0.6) is 0 Å². The van der Waals surface area contributed by atoms with Crippen LogP contribution in [-0.4, -0.2) is 20.7 Å². The number of halogens is 1. The maximum absolute atomic E-state index is 11.7. The first-order valence-corrected chi connectivity index (χ1v) is 9.35. The van der Waals surface area contributed by atoms with E-state index in [2.05, 4.69) is 32.8 Å². The Morgan fingerprint density at radius 1 is 1.19 bits per heavy atom. The van der Waals surface area contributed by atoms with Crippen molar-refractivity contribution in [3.05, 3.63) is 70.7 Å². The van der Waals surface area contributed by atoms with Crippen LogP contribution >= 0.6 is 11.6 Å². The number of nitrogens with zero attached hydrogens (tertiary/aromatic N) is 3. The van der Waals surface area contributed by atoms with Crippen LogP contribution in [0.4, 0.5) is 11.9 Å². The van der Waals surface area contributed by atoms with E-state index in [-0.39, 0.29) is 18.0 Å². The van der Waals surface area contributed by atoms with Gasteiger partial charge in [0.2, 0.25) is 11.9 Å². The van der Waals surface area contributed by atoms with E-state index in [1.165, 1.54) is 0 Å². The fourth-order valence-corrected chi connectivity index (χ4v) is 3.44. The third-order valence-corrected chi connectivity index (χ3v) is 4.97. The minimum absolute atomic E-state index is 0.0166. The number of carbonyl (C=O) groups is 1. The topological polar surface area (TPSA) is 71.8 Å². The molecule has 0 fully saturated rings. The minimum atomic E-state index is -0.108. The van der Waals surface area contributed by atoms with Crippen molar-refractivity contribution in [1.82, 2.24) is 14.8 Å². The maximum Gasteiger partial charge on any atom is 0.250 e. The lowest BCUT2D eigenvalue weighted by Crippen LogP contribution is -2.28. The summed E-state index contributed by atoms with van der Waals surface area (Å²) in [6, 6.07) is 18.1. The number of hydrogen-bond donors (Lipinski definition) is 2. The highest BCUT2D eigenvalue weighted by atomic mass is 35.5. The van der Waals surface area contributed by atoms with E-state index in [0.717, 1.165) is 17.5 Å². The van der Waals surface area contributed by atoms with Gasteiger partial charge in [-0.05, 0) is 29.7 Å². The molecule has 138 valence electrons. The Hall–Kier alpha value is -2.86. The van der Waals surface area contributed by atoms with Crippen LogP contribution in [0, 0.1) is 0 Å². The molecule has 0 saturated heterocycles. The molecule has 7 heteroatoms. The molecule has 1 amide bonds. The average Bonchev–Trinajstić information content (AvgIpc) is 3.10. The number of aromatic nitrogens is 3. The van der Waals surface area contributed by atoms with E-state index >= 15 is 0 Å². The first kappa shape index (κ1) is 17.5. The second-order valence-electron chi connectivity index (χ2n) is 6.52. The monoisotopic (exact) mass is 381 g/mol. The van der Waals surface area contributed by atoms with Crippen molar-refractivity contribution in [3.63, 3.8) is 0 Å². The van der Waals surface area contributed by atoms with E-state index in [1.54, 1.807) is 6.92 Å². The van der Waals surface area contributed by atoms with Gasteiger partial charge >= 0.3 is 0 Å². The molecule has 1 aromatic heterocycles. The van der Waals surface area contributed by atoms with Gasteiger partial charge in [0.25, 0.3) is 5.95 Å². The molecule has 0 bridgehead atoms. The molecule has 4 rings (SSSR count). The summed E-state index contributed by atoms with van der Waals surface area (Å²) < 4.78 is 1.85. The molecule has 0 saturated carbocycles. The summed E-state index contributed by atoms with van der Waals surface area (Å²) in [7, 11) is 0. The molecule has 2 N–H and O–H groups in total. The maximum atomic E-state index is 11.7. The van der Waals surface area contributed by atoms with E-state index in [4.69, 9.17) is 11.6 Å². The van der Waals surface area contributed by atoms with Crippen molar-refractivity contribution in [1.29, 1.82) is 0 Å². The summed E-state index contributed by atoms with van der Waals surface area (Å²) in [5.41, 5.74) is 2.28. The molecule has 2 aromatic carbocycles. The van der Waals surface area contributed by atoms with E-state index in [1.807, 2.05) is 47.1 Å². The van der Waals surface area contributed by atoms with Gasteiger partial charge in [-0.25, -0.2) is 4.68 Å². The van der Waals surface area contributed by atoms with Gasteiger partial charge in [-0.3, -0.25) is 10.1 Å². The molecule has 0 spiro atoms. The third kappa shape index (κ3) is 3.66. The van der Waals surface area contributed by atoms with Crippen LogP contribution in [-0.2, 0) is 4.79 Å². The van der Waals surface area contributed by atoms with E-state index in [9.17, 15) is 4.79 Å². The second-order valence-corrected chi connectivity index (χ2v) is 6.95. The highest BCUT2D eigenvalue weighted by Gasteiger charge is 2.31. The molecule has 1 aliphatic rings. The Balaban J connectivity index is 1.71. The van der Waals surface area contributed by atoms with Gasteiger partial charge in [-0.2, -0.15) is 4.98 Å². The lowest BCUT2D eigenvalue weighted by atomic mass is 9.93. The van der Waals surface area contributed by atoms with Crippen molar-refractivity contribution in [2.24, 2.45) is 0 Å². The zero-order chi connectivity index (χ0) is 18.8. The van der Waals surface area contributed by atoms with Crippen LogP contribution in [0.25, 0.3) is 0 Å². The Labute approximate surface area is 162 Å². The highest BCUT2D eigenvalue weighted by Crippen LogP contribution is 2.38. The summed E-state index contributed by atoms with van der Waals surface area (Å²) in [6.07, 6.45) is 1.19. The van der Waals surface area contributed by atoms with E-state index < -0.39 is 0 Å². The summed E-state index contributed by atoms with van der Waals surface area (Å²) >= 11 is 6.03. The van der Waals surface area contributed by atoms with Gasteiger partial charge in [0.05, 0.1) is 12.1 Å². The summed E-state index contributed by atoms with van der Waals surface area (Å²) in [5, 5.41) is 11.4. The Kier molecular flexibility index (Phi) is 4.81. The molecule has 1 aliphatic heterocycles. The van der Waals surface area contributed by atoms with Crippen LogP contribution in [0.1, 0.15) is 43.0 Å². The largest absolute Gasteiger partial charge is 0.347 e. The molecule has 2 atom stereocenters. The van der Waals surface area contributed by atoms with Crippen molar-refractivity contribution >= 4 is 29.4 Å². The molecular weight excluding hydrogens is 362 g/mol. The molecule has 0 aliphatic carbocycles. The number of nitrogens with one attached hydrogen (secondary N) is 2. The number of amides is 1. The number of rotatable bonds is 4. The van der Waals surface area contributed by atoms with Gasteiger partial charge in [0, 0.05) is 11.4 Å². The zero-order valence-electron chi connectivity index (χ0n) is 14.9. The second kappa shape index (κ2) is 7.40. The molecule has 2 heterocycles. The number of benzene rings is 2. The Morgan fingerprint density at radius 2 is 1.93 bits per heavy atom. The summed E-state index contributed by atoms with van der Waals surface area (Å²) in [5.74, 6) is 0.854. The Bertz CT molecular complexity index is 939. The first-order valence-electron chi connectivity index (χ1n) is 8.97. The molecule has 3 aromatic rings. The third-order valence-electron chi connectivity index (χ3n) is 4.72. The SMILES string of the molecule is CCC(=O)Nc1nc2n(n1)C(c1ccccc1)CC(c1ccc(Cl)cc1)N2. The van der Waals surface area contributed by atoms with Crippen LogP contribution in [0.15, 0.2) is 54.6 Å². The predicted octanol–water partition coefficient (Wildman–Crippen LogP) is 4.43. The van der Waals surface area contributed by atoms with E-state index in [0.29, 0.717) is 23.3 Å². The standard InChI is InChI=1S/C20H20ClN5O/c1-2-18(27)23-19-24-20-22-16(13-8-10-15(21)11-9-13)12-17(26(20)25-19)14-6-4-3-5-7-14/h3-11,16-17H,2,12H2,1H3,(H2,22,23,24,25,27). The lowest BCUT2D eigenvalue weighted by molar-refractivity contribution is -0.115. The molecule has 0 radical (unpaired) electrons. The number of hydrogen-bond acceptors (Lipinski definition) is 4. The zero-order valence-corrected chi connectivity index (χ0v) is 15.6. The van der Waals surface area contributed by atoms with Gasteiger partial charge < -0.3 is 5.32 Å². The molecular formula is C20H20ClN5O. The van der Waals surface area contributed by atoms with Gasteiger partial charge in [-0.15, -0.1) is 5.10 Å². The van der Waals surface area contributed by atoms with Gasteiger partial charge in [0.15, 0.2) is 0 Å². The molecule has 2 unspecified atom stereocenters. The van der Waals surface area contributed by atoms with Crippen LogP contribution in [0.2, 0.25) is 5.02 Å². The quantitative estimate of drug-likeness (QED) is 0.701. The smallest absolute Gasteiger partial charge is 0.250 e. The molecule has 27 heavy (non-hydrogen) atoms. The van der Waals surface area contributed by atoms with Crippen LogP contribution in [0.3, 0.4) is 0 Å². The highest BCUT2D eigenvalue weighted by molar-refractivity contribution is 6.30. The molecule has 6 nitrogen and oxygen atoms in total. The van der Waals surface area contributed by atoms with Crippen molar-refractivity contribution in [2.45, 2.75) is 31.8 Å². The normalized spacial score (nSPS) is 18.4. The summed E-state index contributed by atoms with van der Waals surface area (Å²) in [4.78, 5) is 16.2. The Morgan fingerprint density at radius 3 is 2.63 bits per heavy atom. The average molecular weight is 382 g/mol. The lowest BCUT2D eigenvalue weighted by Gasteiger charge is -2.31. The number of carbonyl (C=O) groups excluding carboxylic acids is 1. The van der Waals surface area contributed by atoms with Crippen molar-refractivity contribution in [3.8, 4) is 0 Å². The number of fused-ring (bicyclic) bond motifs is 1. The minimum Gasteiger partial charge on any atom is -0.347 e. The first-order chi connectivity index (χ1) is 13.1. The van der Waals surface area contributed by atoms with Gasteiger partial charge in [0.1, 0.15) is 0 Å². The number of anilines is 2. The predicted molar refractivity (Wildman–Crippen MR) is 106 cm³/mol. The van der Waals surface area contributed by atoms with Crippen molar-refractivity contribution < 1.29 is 4.79 Å². The fourth-order valence-electron chi connectivity index (χ4n) is 3.31.